The molecule has 4 unspecified atom stereocenters. The van der Waals surface area contributed by atoms with Gasteiger partial charge in [-0.05, 0) is 86.6 Å². The third-order valence-electron chi connectivity index (χ3n) is 5.37. The fourth-order valence-electron chi connectivity index (χ4n) is 3.06. The molecule has 4 N–H and O–H groups in total. The first kappa shape index (κ1) is 29.2. The molecule has 0 saturated heterocycles. The van der Waals surface area contributed by atoms with E-state index in [9.17, 15) is 0 Å². The number of allylic oxidation sites excluding steroid dienone is 1. The van der Waals surface area contributed by atoms with Crippen molar-refractivity contribution in [3.05, 3.63) is 18.4 Å². The Morgan fingerprint density at radius 1 is 0.828 bits per heavy atom. The summed E-state index contributed by atoms with van der Waals surface area (Å²) in [6.07, 6.45) is 4.77. The standard InChI is InChI=1S/C23H48N2O2P2/c1-10-11-12-17(13-20(2,3)26-15-18(28)22(6,7)24)14-21(4,5)27-16-19(29)23(8,9)25/h11,17-19H,1,12-16,24-25,28-29H2,2-9H3. The molecule has 0 aliphatic rings. The minimum atomic E-state index is -0.285. The lowest BCUT2D eigenvalue weighted by Crippen LogP contribution is -2.46. The molecule has 0 amide bonds. The highest BCUT2D eigenvalue weighted by Crippen LogP contribution is 2.32. The van der Waals surface area contributed by atoms with Crippen LogP contribution < -0.4 is 11.5 Å². The molecular weight excluding hydrogens is 398 g/mol. The van der Waals surface area contributed by atoms with Crippen molar-refractivity contribution >= 4 is 18.5 Å². The van der Waals surface area contributed by atoms with Crippen LogP contribution in [-0.4, -0.2) is 46.8 Å². The predicted octanol–water partition coefficient (Wildman–Crippen LogP) is 4.67. The van der Waals surface area contributed by atoms with Gasteiger partial charge in [0.15, 0.2) is 0 Å². The molecule has 0 aliphatic heterocycles. The number of hydrogen-bond acceptors (Lipinski definition) is 4. The molecule has 0 radical (unpaired) electrons. The fraction of sp³-hybridized carbons (Fsp3) is 0.870. The van der Waals surface area contributed by atoms with Crippen molar-refractivity contribution in [1.82, 2.24) is 0 Å². The van der Waals surface area contributed by atoms with Crippen LogP contribution in [0, 0.1) is 5.92 Å². The molecule has 0 saturated carbocycles. The van der Waals surface area contributed by atoms with Crippen LogP contribution >= 0.6 is 18.5 Å². The molecule has 0 aromatic heterocycles. The average molecular weight is 447 g/mol. The highest BCUT2D eigenvalue weighted by atomic mass is 31.0. The van der Waals surface area contributed by atoms with Crippen molar-refractivity contribution in [1.29, 1.82) is 0 Å². The molecular formula is C23H48N2O2P2. The van der Waals surface area contributed by atoms with E-state index in [0.717, 1.165) is 19.3 Å². The Balaban J connectivity index is 4.99. The third-order valence-corrected chi connectivity index (χ3v) is 7.48. The van der Waals surface area contributed by atoms with E-state index < -0.39 is 0 Å². The van der Waals surface area contributed by atoms with E-state index in [4.69, 9.17) is 20.9 Å². The Bertz CT molecular complexity index is 492. The highest BCUT2D eigenvalue weighted by molar-refractivity contribution is 7.18. The normalized spacial score (nSPS) is 16.8. The van der Waals surface area contributed by atoms with Crippen LogP contribution in [0.3, 0.4) is 0 Å². The quantitative estimate of drug-likeness (QED) is 0.301. The maximum atomic E-state index is 6.27. The lowest BCUT2D eigenvalue weighted by atomic mass is 9.83. The Morgan fingerprint density at radius 3 is 1.45 bits per heavy atom. The van der Waals surface area contributed by atoms with Crippen LogP contribution in [0.15, 0.2) is 18.4 Å². The monoisotopic (exact) mass is 446 g/mol. The van der Waals surface area contributed by atoms with E-state index >= 15 is 0 Å². The van der Waals surface area contributed by atoms with E-state index in [-0.39, 0.29) is 33.6 Å². The number of nitrogens with two attached hydrogens (primary N) is 2. The van der Waals surface area contributed by atoms with E-state index in [0.29, 0.717) is 19.1 Å². The molecule has 0 bridgehead atoms. The van der Waals surface area contributed by atoms with Crippen molar-refractivity contribution in [2.75, 3.05) is 13.2 Å². The smallest absolute Gasteiger partial charge is 0.0629 e. The molecule has 0 aromatic rings. The summed E-state index contributed by atoms with van der Waals surface area (Å²) >= 11 is 0. The van der Waals surface area contributed by atoms with E-state index in [1.54, 1.807) is 0 Å². The topological polar surface area (TPSA) is 70.5 Å². The van der Waals surface area contributed by atoms with Gasteiger partial charge in [-0.25, -0.2) is 0 Å². The molecule has 0 rings (SSSR count). The first-order valence-corrected chi connectivity index (χ1v) is 11.9. The summed E-state index contributed by atoms with van der Waals surface area (Å²) in [5.74, 6) is 0.400. The first-order valence-electron chi connectivity index (χ1n) is 10.6. The van der Waals surface area contributed by atoms with Gasteiger partial charge in [0.25, 0.3) is 0 Å². The summed E-state index contributed by atoms with van der Waals surface area (Å²) in [6.45, 7) is 21.7. The average Bonchev–Trinajstić information content (AvgIpc) is 2.53. The van der Waals surface area contributed by atoms with Crippen LogP contribution in [0.5, 0.6) is 0 Å². The van der Waals surface area contributed by atoms with Crippen molar-refractivity contribution in [3.8, 4) is 0 Å². The van der Waals surface area contributed by atoms with Gasteiger partial charge in [0.05, 0.1) is 24.4 Å². The molecule has 6 heteroatoms. The second-order valence-corrected chi connectivity index (χ2v) is 12.5. The number of hydrogen-bond donors (Lipinski definition) is 2. The van der Waals surface area contributed by atoms with Crippen LogP contribution in [0.2, 0.25) is 0 Å². The summed E-state index contributed by atoms with van der Waals surface area (Å²) in [4.78, 5) is 0. The number of ether oxygens (including phenoxy) is 2. The summed E-state index contributed by atoms with van der Waals surface area (Å²) in [6, 6.07) is 0. The van der Waals surface area contributed by atoms with Crippen LogP contribution in [0.1, 0.15) is 74.7 Å². The van der Waals surface area contributed by atoms with Gasteiger partial charge in [-0.3, -0.25) is 0 Å². The highest BCUT2D eigenvalue weighted by Gasteiger charge is 2.32. The summed E-state index contributed by atoms with van der Waals surface area (Å²) < 4.78 is 12.5. The maximum Gasteiger partial charge on any atom is 0.0629 e. The van der Waals surface area contributed by atoms with Gasteiger partial charge >= 0.3 is 0 Å². The molecule has 0 heterocycles. The van der Waals surface area contributed by atoms with Crippen molar-refractivity contribution in [2.24, 2.45) is 17.4 Å². The van der Waals surface area contributed by atoms with E-state index in [1.165, 1.54) is 0 Å². The van der Waals surface area contributed by atoms with Crippen molar-refractivity contribution < 1.29 is 9.47 Å². The minimum Gasteiger partial charge on any atom is -0.375 e. The zero-order chi connectivity index (χ0) is 23.1. The van der Waals surface area contributed by atoms with Gasteiger partial charge in [0.2, 0.25) is 0 Å². The number of rotatable bonds is 14. The molecule has 0 fully saturated rings. The van der Waals surface area contributed by atoms with Crippen molar-refractivity contribution in [3.63, 3.8) is 0 Å². The van der Waals surface area contributed by atoms with Crippen molar-refractivity contribution in [2.45, 2.75) is 108 Å². The molecule has 0 spiro atoms. The summed E-state index contributed by atoms with van der Waals surface area (Å²) in [5, 5.41) is 0. The summed E-state index contributed by atoms with van der Waals surface area (Å²) in [5.41, 5.74) is 14.6. The third kappa shape index (κ3) is 13.3. The largest absolute Gasteiger partial charge is 0.375 e. The van der Waals surface area contributed by atoms with Gasteiger partial charge in [0, 0.05) is 22.4 Å². The van der Waals surface area contributed by atoms with Crippen LogP contribution in [0.4, 0.5) is 0 Å². The van der Waals surface area contributed by atoms with Gasteiger partial charge in [0.1, 0.15) is 0 Å². The first-order chi connectivity index (χ1) is 12.9. The lowest BCUT2D eigenvalue weighted by molar-refractivity contribution is -0.0629. The molecule has 0 aliphatic carbocycles. The molecule has 4 nitrogen and oxygen atoms in total. The molecule has 29 heavy (non-hydrogen) atoms. The molecule has 4 atom stereocenters. The van der Waals surface area contributed by atoms with E-state index in [1.807, 2.05) is 33.8 Å². The Morgan fingerprint density at radius 2 is 1.17 bits per heavy atom. The SMILES string of the molecule is C=C=CCC(CC(C)(C)OCC(P)C(C)(C)N)CC(C)(C)OCC(P)C(C)(C)N. The lowest BCUT2D eigenvalue weighted by Gasteiger charge is -2.37. The second-order valence-electron chi connectivity index (χ2n) is 10.9. The Hall–Kier alpha value is 0.220. The summed E-state index contributed by atoms with van der Waals surface area (Å²) in [7, 11) is 5.63. The predicted molar refractivity (Wildman–Crippen MR) is 135 cm³/mol. The zero-order valence-electron chi connectivity index (χ0n) is 20.2. The van der Waals surface area contributed by atoms with Crippen LogP contribution in [0.25, 0.3) is 0 Å². The van der Waals surface area contributed by atoms with E-state index in [2.05, 4.69) is 58.5 Å². The molecule has 0 aromatic carbocycles. The second kappa shape index (κ2) is 11.7. The minimum absolute atomic E-state index is 0.201. The Kier molecular flexibility index (Phi) is 11.8. The Labute approximate surface area is 185 Å². The van der Waals surface area contributed by atoms with Crippen LogP contribution in [-0.2, 0) is 9.47 Å². The maximum absolute atomic E-state index is 6.27. The van der Waals surface area contributed by atoms with Gasteiger partial charge < -0.3 is 20.9 Å². The zero-order valence-corrected chi connectivity index (χ0v) is 22.5. The van der Waals surface area contributed by atoms with Gasteiger partial charge in [-0.2, -0.15) is 0 Å². The fourth-order valence-corrected chi connectivity index (χ4v) is 3.25. The van der Waals surface area contributed by atoms with Gasteiger partial charge in [-0.1, -0.05) is 6.58 Å². The molecule has 172 valence electrons. The van der Waals surface area contributed by atoms with Gasteiger partial charge in [-0.15, -0.1) is 24.2 Å².